The molecule has 0 amide bonds. The molecule has 1 radical (unpaired) electrons. The normalized spacial score (nSPS) is 11.5. The second-order valence-corrected chi connectivity index (χ2v) is 6.21. The van der Waals surface area contributed by atoms with Crippen molar-refractivity contribution in [2.75, 3.05) is 0 Å². The van der Waals surface area contributed by atoms with Crippen molar-refractivity contribution in [3.8, 4) is 0 Å². The van der Waals surface area contributed by atoms with E-state index in [0.29, 0.717) is 10.0 Å². The third kappa shape index (κ3) is 3.92. The number of hydrogen-bond acceptors (Lipinski definition) is 1. The molecule has 0 bridgehead atoms. The highest BCUT2D eigenvalue weighted by Gasteiger charge is 2.12. The average molecular weight is 354 g/mol. The zero-order valence-corrected chi connectivity index (χ0v) is 14.8. The first-order valence-corrected chi connectivity index (χ1v) is 8.52. The third-order valence-electron chi connectivity index (χ3n) is 3.72. The Morgan fingerprint density at radius 2 is 1.79 bits per heavy atom. The van der Waals surface area contributed by atoms with Gasteiger partial charge in [0, 0.05) is 21.9 Å². The van der Waals surface area contributed by atoms with E-state index in [4.69, 9.17) is 23.2 Å². The Hall–Kier alpha value is -1.97. The smallest absolute Gasteiger partial charge is 0.241 e. The molecule has 0 spiro atoms. The molecule has 2 nitrogen and oxygen atoms in total. The predicted molar refractivity (Wildman–Crippen MR) is 104 cm³/mol. The Bertz CT molecular complexity index is 871. The summed E-state index contributed by atoms with van der Waals surface area (Å²) >= 11 is 12.7. The highest BCUT2D eigenvalue weighted by Crippen LogP contribution is 2.27. The summed E-state index contributed by atoms with van der Waals surface area (Å²) in [7, 11) is 1.99. The summed E-state index contributed by atoms with van der Waals surface area (Å²) in [5.41, 5.74) is 4.72. The van der Waals surface area contributed by atoms with Crippen LogP contribution in [0.4, 0.5) is 0 Å². The van der Waals surface area contributed by atoms with Crippen molar-refractivity contribution < 1.29 is 0 Å². The van der Waals surface area contributed by atoms with Crippen LogP contribution in [0.5, 0.6) is 0 Å². The van der Waals surface area contributed by atoms with Gasteiger partial charge in [-0.3, -0.25) is 4.98 Å². The van der Waals surface area contributed by atoms with Crippen molar-refractivity contribution in [3.63, 3.8) is 0 Å². The fourth-order valence-corrected chi connectivity index (χ4v) is 2.86. The molecular formula is C19H16BCl2N2. The van der Waals surface area contributed by atoms with Crippen molar-refractivity contribution in [2.45, 2.75) is 13.3 Å². The van der Waals surface area contributed by atoms with E-state index in [0.717, 1.165) is 34.4 Å². The Morgan fingerprint density at radius 1 is 1.08 bits per heavy atom. The van der Waals surface area contributed by atoms with Crippen LogP contribution in [0.25, 0.3) is 11.5 Å². The lowest BCUT2D eigenvalue weighted by molar-refractivity contribution is 1.07. The number of rotatable bonds is 5. The van der Waals surface area contributed by atoms with Gasteiger partial charge in [-0.15, -0.1) is 0 Å². The SMILES string of the molecule is CCc1cnc([B]C(=Cc2ccccc2Cl)c2ccccc2Cl)[nH]1. The lowest BCUT2D eigenvalue weighted by Gasteiger charge is -2.09. The minimum Gasteiger partial charge on any atom is -0.354 e. The lowest BCUT2D eigenvalue weighted by Crippen LogP contribution is -2.20. The molecule has 1 N–H and O–H groups in total. The number of hydrogen-bond donors (Lipinski definition) is 1. The molecule has 0 unspecified atom stereocenters. The number of nitrogens with one attached hydrogen (secondary N) is 1. The van der Waals surface area contributed by atoms with Crippen LogP contribution in [-0.2, 0) is 6.42 Å². The molecule has 2 aromatic carbocycles. The van der Waals surface area contributed by atoms with E-state index in [1.165, 1.54) is 0 Å². The maximum absolute atomic E-state index is 6.40. The Kier molecular flexibility index (Phi) is 5.44. The van der Waals surface area contributed by atoms with Crippen LogP contribution >= 0.6 is 23.2 Å². The number of H-pyrrole nitrogens is 1. The zero-order valence-electron chi connectivity index (χ0n) is 13.3. The Labute approximate surface area is 152 Å². The van der Waals surface area contributed by atoms with E-state index in [9.17, 15) is 0 Å². The zero-order chi connectivity index (χ0) is 16.9. The molecule has 0 saturated carbocycles. The van der Waals surface area contributed by atoms with Gasteiger partial charge in [0.15, 0.2) is 0 Å². The van der Waals surface area contributed by atoms with Crippen molar-refractivity contribution in [1.82, 2.24) is 9.97 Å². The first-order valence-electron chi connectivity index (χ1n) is 7.77. The van der Waals surface area contributed by atoms with Crippen LogP contribution in [0.2, 0.25) is 10.0 Å². The number of aromatic amines is 1. The van der Waals surface area contributed by atoms with Gasteiger partial charge in [0.2, 0.25) is 7.28 Å². The van der Waals surface area contributed by atoms with Gasteiger partial charge in [0.05, 0.1) is 5.72 Å². The summed E-state index contributed by atoms with van der Waals surface area (Å²) in [5, 5.41) is 1.39. The van der Waals surface area contributed by atoms with Gasteiger partial charge in [-0.2, -0.15) is 0 Å². The molecule has 0 fully saturated rings. The van der Waals surface area contributed by atoms with E-state index >= 15 is 0 Å². The standard InChI is InChI=1S/C19H16BCl2N2/c1-2-14-12-23-19(24-14)20-16(15-8-4-6-10-18(15)22)11-13-7-3-5-9-17(13)21/h3-12H,2H2,1H3,(H,23,24). The molecule has 119 valence electrons. The minimum atomic E-state index is 0.689. The van der Waals surface area contributed by atoms with Gasteiger partial charge >= 0.3 is 0 Å². The molecule has 5 heteroatoms. The maximum Gasteiger partial charge on any atom is 0.241 e. The first kappa shape index (κ1) is 16.9. The molecule has 1 heterocycles. The Morgan fingerprint density at radius 3 is 2.46 bits per heavy atom. The quantitative estimate of drug-likeness (QED) is 0.517. The van der Waals surface area contributed by atoms with E-state index in [-0.39, 0.29) is 0 Å². The molecule has 3 aromatic rings. The summed E-state index contributed by atoms with van der Waals surface area (Å²) in [4.78, 5) is 7.72. The average Bonchev–Trinajstić information content (AvgIpc) is 3.04. The number of aryl methyl sites for hydroxylation is 1. The molecular weight excluding hydrogens is 338 g/mol. The number of nitrogens with zero attached hydrogens (tertiary/aromatic N) is 1. The summed E-state index contributed by atoms with van der Waals surface area (Å²) in [6.45, 7) is 2.09. The van der Waals surface area contributed by atoms with Crippen LogP contribution in [0, 0.1) is 0 Å². The molecule has 0 aliphatic heterocycles. The summed E-state index contributed by atoms with van der Waals surface area (Å²) in [5.74, 6) is 0. The van der Waals surface area contributed by atoms with E-state index in [2.05, 4.69) is 16.9 Å². The molecule has 1 aromatic heterocycles. The second kappa shape index (κ2) is 7.74. The number of imidazole rings is 1. The van der Waals surface area contributed by atoms with Crippen molar-refractivity contribution >= 4 is 47.8 Å². The Balaban J connectivity index is 2.04. The number of halogens is 2. The van der Waals surface area contributed by atoms with Crippen molar-refractivity contribution in [3.05, 3.63) is 81.6 Å². The van der Waals surface area contributed by atoms with E-state index < -0.39 is 0 Å². The molecule has 24 heavy (non-hydrogen) atoms. The lowest BCUT2D eigenvalue weighted by atomic mass is 9.65. The molecule has 3 rings (SSSR count). The van der Waals surface area contributed by atoms with Crippen LogP contribution in [0.1, 0.15) is 23.7 Å². The van der Waals surface area contributed by atoms with Gasteiger partial charge in [-0.05, 0) is 29.7 Å². The number of aromatic nitrogens is 2. The molecule has 0 atom stereocenters. The highest BCUT2D eigenvalue weighted by atomic mass is 35.5. The fraction of sp³-hybridized carbons (Fsp3) is 0.105. The van der Waals surface area contributed by atoms with Gasteiger partial charge in [0.25, 0.3) is 0 Å². The van der Waals surface area contributed by atoms with E-state index in [1.54, 1.807) is 0 Å². The summed E-state index contributed by atoms with van der Waals surface area (Å²) < 4.78 is 0. The third-order valence-corrected chi connectivity index (χ3v) is 4.40. The maximum atomic E-state index is 6.40. The molecule has 0 aliphatic carbocycles. The van der Waals surface area contributed by atoms with Gasteiger partial charge in [-0.25, -0.2) is 0 Å². The highest BCUT2D eigenvalue weighted by molar-refractivity contribution is 6.73. The largest absolute Gasteiger partial charge is 0.354 e. The van der Waals surface area contributed by atoms with Crippen molar-refractivity contribution in [1.29, 1.82) is 0 Å². The monoisotopic (exact) mass is 353 g/mol. The van der Waals surface area contributed by atoms with Gasteiger partial charge in [-0.1, -0.05) is 78.1 Å². The van der Waals surface area contributed by atoms with Crippen LogP contribution < -0.4 is 5.72 Å². The van der Waals surface area contributed by atoms with E-state index in [1.807, 2.05) is 68.1 Å². The van der Waals surface area contributed by atoms with Crippen molar-refractivity contribution in [2.24, 2.45) is 0 Å². The summed E-state index contributed by atoms with van der Waals surface area (Å²) in [6, 6.07) is 15.5. The van der Waals surface area contributed by atoms with Gasteiger partial charge < -0.3 is 4.98 Å². The summed E-state index contributed by atoms with van der Waals surface area (Å²) in [6.07, 6.45) is 4.79. The first-order chi connectivity index (χ1) is 11.7. The number of benzene rings is 2. The minimum absolute atomic E-state index is 0.689. The van der Waals surface area contributed by atoms with Gasteiger partial charge in [0.1, 0.15) is 0 Å². The topological polar surface area (TPSA) is 28.7 Å². The molecule has 0 aliphatic rings. The second-order valence-electron chi connectivity index (χ2n) is 5.39. The fourth-order valence-electron chi connectivity index (χ4n) is 2.43. The molecule has 0 saturated heterocycles. The van der Waals surface area contributed by atoms with Crippen LogP contribution in [0.15, 0.2) is 54.7 Å². The predicted octanol–water partition coefficient (Wildman–Crippen LogP) is 4.81. The van der Waals surface area contributed by atoms with Crippen LogP contribution in [0.3, 0.4) is 0 Å². The van der Waals surface area contributed by atoms with Crippen LogP contribution in [-0.4, -0.2) is 17.2 Å².